The van der Waals surface area contributed by atoms with Crippen molar-refractivity contribution in [3.05, 3.63) is 84.2 Å². The van der Waals surface area contributed by atoms with Crippen molar-refractivity contribution in [1.82, 2.24) is 4.98 Å². The van der Waals surface area contributed by atoms with E-state index in [4.69, 9.17) is 5.14 Å². The van der Waals surface area contributed by atoms with Gasteiger partial charge in [0.15, 0.2) is 0 Å². The SMILES string of the molecule is NS(=O)(=O)c1ccc(CCNc2cncc(C(=O)Nc3ccccc3)c2)cc1. The van der Waals surface area contributed by atoms with Gasteiger partial charge < -0.3 is 10.6 Å². The van der Waals surface area contributed by atoms with Crippen LogP contribution >= 0.6 is 0 Å². The predicted octanol–water partition coefficient (Wildman–Crippen LogP) is 2.64. The average Bonchev–Trinajstić information content (AvgIpc) is 2.69. The van der Waals surface area contributed by atoms with E-state index in [1.54, 1.807) is 24.4 Å². The molecule has 144 valence electrons. The maximum atomic E-state index is 12.3. The Morgan fingerprint density at radius 1 is 0.964 bits per heavy atom. The van der Waals surface area contributed by atoms with Gasteiger partial charge in [0.2, 0.25) is 10.0 Å². The number of hydrogen-bond donors (Lipinski definition) is 3. The van der Waals surface area contributed by atoms with Crippen LogP contribution in [0, 0.1) is 0 Å². The third-order valence-corrected chi connectivity index (χ3v) is 4.96. The van der Waals surface area contributed by atoms with Gasteiger partial charge in [0.25, 0.3) is 5.91 Å². The molecule has 7 nitrogen and oxygen atoms in total. The van der Waals surface area contributed by atoms with Crippen molar-refractivity contribution in [3.63, 3.8) is 0 Å². The summed E-state index contributed by atoms with van der Waals surface area (Å²) in [6, 6.07) is 17.4. The highest BCUT2D eigenvalue weighted by Gasteiger charge is 2.08. The molecule has 8 heteroatoms. The summed E-state index contributed by atoms with van der Waals surface area (Å²) in [5.41, 5.74) is 2.85. The van der Waals surface area contributed by atoms with Crippen molar-refractivity contribution >= 4 is 27.3 Å². The van der Waals surface area contributed by atoms with Crippen molar-refractivity contribution in [2.75, 3.05) is 17.2 Å². The maximum absolute atomic E-state index is 12.3. The first kappa shape index (κ1) is 19.5. The van der Waals surface area contributed by atoms with Crippen LogP contribution < -0.4 is 15.8 Å². The highest BCUT2D eigenvalue weighted by Crippen LogP contribution is 2.13. The molecular formula is C20H20N4O3S. The molecule has 28 heavy (non-hydrogen) atoms. The Morgan fingerprint density at radius 3 is 2.36 bits per heavy atom. The Morgan fingerprint density at radius 2 is 1.68 bits per heavy atom. The van der Waals surface area contributed by atoms with Crippen LogP contribution in [0.4, 0.5) is 11.4 Å². The molecule has 3 aromatic rings. The number of carbonyl (C=O) groups excluding carboxylic acids is 1. The van der Waals surface area contributed by atoms with Gasteiger partial charge in [-0.1, -0.05) is 30.3 Å². The van der Waals surface area contributed by atoms with Crippen LogP contribution in [0.25, 0.3) is 0 Å². The average molecular weight is 396 g/mol. The number of rotatable bonds is 7. The van der Waals surface area contributed by atoms with E-state index < -0.39 is 10.0 Å². The van der Waals surface area contributed by atoms with Gasteiger partial charge in [0.1, 0.15) is 0 Å². The molecule has 0 bridgehead atoms. The van der Waals surface area contributed by atoms with Crippen LogP contribution in [0.5, 0.6) is 0 Å². The number of nitrogens with one attached hydrogen (secondary N) is 2. The molecule has 0 aliphatic rings. The third kappa shape index (κ3) is 5.38. The van der Waals surface area contributed by atoms with E-state index >= 15 is 0 Å². The largest absolute Gasteiger partial charge is 0.383 e. The molecule has 3 rings (SSSR count). The zero-order valence-corrected chi connectivity index (χ0v) is 15.8. The van der Waals surface area contributed by atoms with Gasteiger partial charge >= 0.3 is 0 Å². The number of primary sulfonamides is 1. The van der Waals surface area contributed by atoms with E-state index in [9.17, 15) is 13.2 Å². The zero-order valence-electron chi connectivity index (χ0n) is 15.0. The van der Waals surface area contributed by atoms with E-state index in [-0.39, 0.29) is 10.8 Å². The van der Waals surface area contributed by atoms with Gasteiger partial charge in [-0.2, -0.15) is 0 Å². The summed E-state index contributed by atoms with van der Waals surface area (Å²) >= 11 is 0. The summed E-state index contributed by atoms with van der Waals surface area (Å²) in [7, 11) is -3.68. The number of benzene rings is 2. The number of pyridine rings is 1. The van der Waals surface area contributed by atoms with E-state index in [1.807, 2.05) is 30.3 Å². The summed E-state index contributed by atoms with van der Waals surface area (Å²) in [6.45, 7) is 0.597. The maximum Gasteiger partial charge on any atom is 0.257 e. The Kier molecular flexibility index (Phi) is 6.03. The molecule has 0 unspecified atom stereocenters. The molecule has 1 aromatic heterocycles. The second-order valence-electron chi connectivity index (χ2n) is 6.15. The van der Waals surface area contributed by atoms with Crippen molar-refractivity contribution in [2.45, 2.75) is 11.3 Å². The fourth-order valence-electron chi connectivity index (χ4n) is 2.58. The minimum absolute atomic E-state index is 0.0885. The minimum Gasteiger partial charge on any atom is -0.383 e. The highest BCUT2D eigenvalue weighted by molar-refractivity contribution is 7.89. The Labute approximate surface area is 163 Å². The van der Waals surface area contributed by atoms with Gasteiger partial charge in [-0.25, -0.2) is 13.6 Å². The minimum atomic E-state index is -3.68. The number of para-hydroxylation sites is 1. The Bertz CT molecular complexity index is 1050. The first-order chi connectivity index (χ1) is 13.4. The molecule has 0 radical (unpaired) electrons. The monoisotopic (exact) mass is 396 g/mol. The van der Waals surface area contributed by atoms with Gasteiger partial charge in [0.05, 0.1) is 16.1 Å². The van der Waals surface area contributed by atoms with Gasteiger partial charge in [0, 0.05) is 24.6 Å². The molecule has 1 amide bonds. The summed E-state index contributed by atoms with van der Waals surface area (Å²) < 4.78 is 22.5. The van der Waals surface area contributed by atoms with Crippen molar-refractivity contribution in [1.29, 1.82) is 0 Å². The second-order valence-corrected chi connectivity index (χ2v) is 7.71. The number of aromatic nitrogens is 1. The number of amides is 1. The number of nitrogens with two attached hydrogens (primary N) is 1. The molecule has 0 saturated heterocycles. The predicted molar refractivity (Wildman–Crippen MR) is 109 cm³/mol. The molecule has 4 N–H and O–H groups in total. The van der Waals surface area contributed by atoms with E-state index in [0.29, 0.717) is 24.2 Å². The molecule has 2 aromatic carbocycles. The normalized spacial score (nSPS) is 11.0. The quantitative estimate of drug-likeness (QED) is 0.568. The van der Waals surface area contributed by atoms with Crippen LogP contribution in [0.1, 0.15) is 15.9 Å². The summed E-state index contributed by atoms with van der Waals surface area (Å²) in [6.07, 6.45) is 3.82. The fourth-order valence-corrected chi connectivity index (χ4v) is 3.10. The van der Waals surface area contributed by atoms with E-state index in [2.05, 4.69) is 15.6 Å². The van der Waals surface area contributed by atoms with Crippen molar-refractivity contribution in [3.8, 4) is 0 Å². The van der Waals surface area contributed by atoms with Crippen molar-refractivity contribution in [2.24, 2.45) is 5.14 Å². The van der Waals surface area contributed by atoms with Gasteiger partial charge in [-0.15, -0.1) is 0 Å². The molecule has 0 atom stereocenters. The smallest absolute Gasteiger partial charge is 0.257 e. The van der Waals surface area contributed by atoms with Crippen molar-refractivity contribution < 1.29 is 13.2 Å². The van der Waals surface area contributed by atoms with E-state index in [1.165, 1.54) is 18.3 Å². The lowest BCUT2D eigenvalue weighted by atomic mass is 10.1. The summed E-state index contributed by atoms with van der Waals surface area (Å²) in [5.74, 6) is -0.235. The van der Waals surface area contributed by atoms with Crippen LogP contribution in [0.15, 0.2) is 78.0 Å². The lowest BCUT2D eigenvalue weighted by Crippen LogP contribution is -2.13. The van der Waals surface area contributed by atoms with Crippen LogP contribution in [-0.4, -0.2) is 25.9 Å². The number of nitrogens with zero attached hydrogens (tertiary/aromatic N) is 1. The second kappa shape index (κ2) is 8.64. The number of carbonyl (C=O) groups is 1. The Hall–Kier alpha value is -3.23. The lowest BCUT2D eigenvalue weighted by Gasteiger charge is -2.09. The fraction of sp³-hybridized carbons (Fsp3) is 0.100. The summed E-state index contributed by atoms with van der Waals surface area (Å²) in [5, 5.41) is 11.1. The number of anilines is 2. The first-order valence-electron chi connectivity index (χ1n) is 8.59. The molecule has 0 aliphatic carbocycles. The van der Waals surface area contributed by atoms with Gasteiger partial charge in [-0.05, 0) is 42.3 Å². The van der Waals surface area contributed by atoms with Crippen LogP contribution in [0.3, 0.4) is 0 Å². The molecule has 0 spiro atoms. The summed E-state index contributed by atoms with van der Waals surface area (Å²) in [4.78, 5) is 16.5. The standard InChI is InChI=1S/C20H20N4O3S/c21-28(26,27)19-8-6-15(7-9-19)10-11-23-18-12-16(13-22-14-18)20(25)24-17-4-2-1-3-5-17/h1-9,12-14,23H,10-11H2,(H,24,25)(H2,21,26,27). The first-order valence-corrected chi connectivity index (χ1v) is 10.1. The third-order valence-electron chi connectivity index (χ3n) is 4.03. The van der Waals surface area contributed by atoms with Crippen LogP contribution in [0.2, 0.25) is 0 Å². The molecule has 1 heterocycles. The molecular weight excluding hydrogens is 376 g/mol. The highest BCUT2D eigenvalue weighted by atomic mass is 32.2. The number of sulfonamides is 1. The molecule has 0 fully saturated rings. The molecule has 0 saturated carbocycles. The van der Waals surface area contributed by atoms with E-state index in [0.717, 1.165) is 11.3 Å². The molecule has 0 aliphatic heterocycles. The zero-order chi connectivity index (χ0) is 20.0. The topological polar surface area (TPSA) is 114 Å². The Balaban J connectivity index is 1.56. The number of hydrogen-bond acceptors (Lipinski definition) is 5. The lowest BCUT2D eigenvalue weighted by molar-refractivity contribution is 0.102. The van der Waals surface area contributed by atoms with Crippen LogP contribution in [-0.2, 0) is 16.4 Å². The van der Waals surface area contributed by atoms with Gasteiger partial charge in [-0.3, -0.25) is 9.78 Å².